The van der Waals surface area contributed by atoms with Crippen LogP contribution in [0.25, 0.3) is 0 Å². The van der Waals surface area contributed by atoms with Crippen LogP contribution >= 0.6 is 22.9 Å². The van der Waals surface area contributed by atoms with Gasteiger partial charge in [-0.25, -0.2) is 0 Å². The molecule has 0 saturated carbocycles. The van der Waals surface area contributed by atoms with E-state index in [-0.39, 0.29) is 11.9 Å². The van der Waals surface area contributed by atoms with E-state index in [9.17, 15) is 4.79 Å². The lowest BCUT2D eigenvalue weighted by molar-refractivity contribution is 0.102. The Kier molecular flexibility index (Phi) is 7.08. The van der Waals surface area contributed by atoms with E-state index in [2.05, 4.69) is 47.3 Å². The second-order valence-corrected chi connectivity index (χ2v) is 9.54. The van der Waals surface area contributed by atoms with Crippen LogP contribution in [0, 0.1) is 0 Å². The molecule has 1 N–H and O–H groups in total. The van der Waals surface area contributed by atoms with Crippen LogP contribution < -0.4 is 5.32 Å². The number of hydrogen-bond donors (Lipinski definition) is 1. The van der Waals surface area contributed by atoms with Gasteiger partial charge >= 0.3 is 0 Å². The number of anilines is 1. The van der Waals surface area contributed by atoms with Crippen LogP contribution in [0.15, 0.2) is 60.7 Å². The average molecular weight is 454 g/mol. The third-order valence-electron chi connectivity index (χ3n) is 5.81. The molecular weight excluding hydrogens is 426 g/mol. The minimum absolute atomic E-state index is 0.0698. The smallest absolute Gasteiger partial charge is 0.256 e. The predicted octanol–water partition coefficient (Wildman–Crippen LogP) is 5.55. The van der Waals surface area contributed by atoms with Crippen LogP contribution in [0.1, 0.15) is 39.3 Å². The van der Waals surface area contributed by atoms with E-state index in [1.807, 2.05) is 42.5 Å². The largest absolute Gasteiger partial charge is 0.313 e. The Morgan fingerprint density at radius 3 is 2.39 bits per heavy atom. The summed E-state index contributed by atoms with van der Waals surface area (Å²) in [6, 6.07) is 19.9. The standard InChI is InChI=1S/C25H28ClN3OS/c1-3-21-17-22(25(31-21)27-24(30)19-7-5-4-6-8-19)23(18-9-11-20(26)12-10-18)29-15-13-28(2)14-16-29/h4-12,17,23H,3,13-16H2,1-2H3,(H,27,30)/t23-/m0/s1. The van der Waals surface area contributed by atoms with Crippen molar-refractivity contribution >= 4 is 33.8 Å². The van der Waals surface area contributed by atoms with Crippen molar-refractivity contribution < 1.29 is 4.79 Å². The van der Waals surface area contributed by atoms with Crippen molar-refractivity contribution in [3.63, 3.8) is 0 Å². The fourth-order valence-corrected chi connectivity index (χ4v) is 5.16. The molecular formula is C25H28ClN3OS. The summed E-state index contributed by atoms with van der Waals surface area (Å²) in [6.45, 7) is 6.17. The Bertz CT molecular complexity index is 1010. The molecule has 3 aromatic rings. The summed E-state index contributed by atoms with van der Waals surface area (Å²) in [6.07, 6.45) is 0.939. The van der Waals surface area contributed by atoms with E-state index in [1.54, 1.807) is 11.3 Å². The van der Waals surface area contributed by atoms with Gasteiger partial charge in [0.25, 0.3) is 5.91 Å². The Balaban J connectivity index is 1.72. The fourth-order valence-electron chi connectivity index (χ4n) is 4.01. The molecule has 1 aliphatic heterocycles. The highest BCUT2D eigenvalue weighted by Gasteiger charge is 2.29. The Morgan fingerprint density at radius 1 is 1.06 bits per heavy atom. The molecule has 2 heterocycles. The van der Waals surface area contributed by atoms with Crippen LogP contribution in [-0.4, -0.2) is 48.9 Å². The molecule has 1 fully saturated rings. The van der Waals surface area contributed by atoms with Crippen molar-refractivity contribution in [3.8, 4) is 0 Å². The predicted molar refractivity (Wildman–Crippen MR) is 130 cm³/mol. The summed E-state index contributed by atoms with van der Waals surface area (Å²) >= 11 is 7.86. The fraction of sp³-hybridized carbons (Fsp3) is 0.320. The topological polar surface area (TPSA) is 35.6 Å². The van der Waals surface area contributed by atoms with Gasteiger partial charge < -0.3 is 10.2 Å². The van der Waals surface area contributed by atoms with E-state index in [0.717, 1.165) is 48.2 Å². The van der Waals surface area contributed by atoms with Gasteiger partial charge in [0.2, 0.25) is 0 Å². The molecule has 1 aromatic heterocycles. The molecule has 4 rings (SSSR count). The number of thiophene rings is 1. The van der Waals surface area contributed by atoms with Crippen molar-refractivity contribution in [1.82, 2.24) is 9.80 Å². The zero-order valence-corrected chi connectivity index (χ0v) is 19.5. The second-order valence-electron chi connectivity index (χ2n) is 7.96. The van der Waals surface area contributed by atoms with Gasteiger partial charge in [0, 0.05) is 47.2 Å². The molecule has 0 spiro atoms. The maximum absolute atomic E-state index is 12.9. The van der Waals surface area contributed by atoms with E-state index in [4.69, 9.17) is 11.6 Å². The highest BCUT2D eigenvalue weighted by Crippen LogP contribution is 2.40. The summed E-state index contributed by atoms with van der Waals surface area (Å²) in [5.74, 6) is -0.0698. The molecule has 0 bridgehead atoms. The highest BCUT2D eigenvalue weighted by molar-refractivity contribution is 7.16. The number of hydrogen-bond acceptors (Lipinski definition) is 4. The average Bonchev–Trinajstić information content (AvgIpc) is 3.19. The van der Waals surface area contributed by atoms with Gasteiger partial charge in [0.05, 0.1) is 6.04 Å². The normalized spacial score (nSPS) is 16.2. The summed E-state index contributed by atoms with van der Waals surface area (Å²) in [4.78, 5) is 19.1. The third kappa shape index (κ3) is 5.18. The molecule has 6 heteroatoms. The zero-order chi connectivity index (χ0) is 21.8. The van der Waals surface area contributed by atoms with Crippen molar-refractivity contribution in [2.75, 3.05) is 38.5 Å². The van der Waals surface area contributed by atoms with E-state index in [1.165, 1.54) is 10.4 Å². The van der Waals surface area contributed by atoms with Gasteiger partial charge in [-0.05, 0) is 49.4 Å². The molecule has 1 aliphatic rings. The van der Waals surface area contributed by atoms with Crippen LogP contribution in [0.3, 0.4) is 0 Å². The maximum Gasteiger partial charge on any atom is 0.256 e. The van der Waals surface area contributed by atoms with Crippen molar-refractivity contribution in [2.45, 2.75) is 19.4 Å². The van der Waals surface area contributed by atoms with Crippen LogP contribution in [0.2, 0.25) is 5.02 Å². The number of aryl methyl sites for hydroxylation is 1. The van der Waals surface area contributed by atoms with Gasteiger partial charge in [-0.2, -0.15) is 0 Å². The first-order valence-corrected chi connectivity index (χ1v) is 11.9. The molecule has 0 aliphatic carbocycles. The minimum atomic E-state index is -0.0698. The number of nitrogens with zero attached hydrogens (tertiary/aromatic N) is 2. The van der Waals surface area contributed by atoms with Crippen molar-refractivity contribution in [3.05, 3.63) is 87.3 Å². The van der Waals surface area contributed by atoms with Crippen LogP contribution in [0.4, 0.5) is 5.00 Å². The Labute approximate surface area is 193 Å². The molecule has 1 saturated heterocycles. The lowest BCUT2D eigenvalue weighted by Gasteiger charge is -2.38. The molecule has 162 valence electrons. The lowest BCUT2D eigenvalue weighted by Crippen LogP contribution is -2.46. The van der Waals surface area contributed by atoms with E-state index < -0.39 is 0 Å². The number of amides is 1. The maximum atomic E-state index is 12.9. The number of halogens is 1. The first-order valence-electron chi connectivity index (χ1n) is 10.7. The molecule has 0 radical (unpaired) electrons. The Morgan fingerprint density at radius 2 is 1.74 bits per heavy atom. The highest BCUT2D eigenvalue weighted by atomic mass is 35.5. The third-order valence-corrected chi connectivity index (χ3v) is 7.27. The number of nitrogens with one attached hydrogen (secondary N) is 1. The Hall–Kier alpha value is -2.18. The summed E-state index contributed by atoms with van der Waals surface area (Å²) in [5, 5.41) is 4.88. The number of rotatable bonds is 6. The lowest BCUT2D eigenvalue weighted by atomic mass is 9.97. The van der Waals surface area contributed by atoms with E-state index >= 15 is 0 Å². The quantitative estimate of drug-likeness (QED) is 0.531. The molecule has 4 nitrogen and oxygen atoms in total. The number of benzene rings is 2. The van der Waals surface area contributed by atoms with Gasteiger partial charge in [-0.1, -0.05) is 48.9 Å². The van der Waals surface area contributed by atoms with Gasteiger partial charge in [-0.3, -0.25) is 9.69 Å². The number of carbonyl (C=O) groups excluding carboxylic acids is 1. The van der Waals surface area contributed by atoms with Crippen LogP contribution in [-0.2, 0) is 6.42 Å². The molecule has 2 aromatic carbocycles. The monoisotopic (exact) mass is 453 g/mol. The van der Waals surface area contributed by atoms with Crippen LogP contribution in [0.5, 0.6) is 0 Å². The molecule has 1 amide bonds. The molecule has 1 atom stereocenters. The van der Waals surface area contributed by atoms with Crippen molar-refractivity contribution in [2.24, 2.45) is 0 Å². The molecule has 0 unspecified atom stereocenters. The first-order chi connectivity index (χ1) is 15.0. The number of likely N-dealkylation sites (N-methyl/N-ethyl adjacent to an activating group) is 1. The SMILES string of the molecule is CCc1cc([C@H](c2ccc(Cl)cc2)N2CCN(C)CC2)c(NC(=O)c2ccccc2)s1. The zero-order valence-electron chi connectivity index (χ0n) is 18.0. The van der Waals surface area contributed by atoms with Gasteiger partial charge in [0.1, 0.15) is 5.00 Å². The minimum Gasteiger partial charge on any atom is -0.313 e. The van der Waals surface area contributed by atoms with Gasteiger partial charge in [0.15, 0.2) is 0 Å². The molecule has 31 heavy (non-hydrogen) atoms. The number of piperazine rings is 1. The first kappa shape index (κ1) is 22.0. The summed E-state index contributed by atoms with van der Waals surface area (Å²) < 4.78 is 0. The summed E-state index contributed by atoms with van der Waals surface area (Å²) in [5.41, 5.74) is 3.03. The second kappa shape index (κ2) is 9.96. The number of carbonyl (C=O) groups is 1. The van der Waals surface area contributed by atoms with Gasteiger partial charge in [-0.15, -0.1) is 11.3 Å². The van der Waals surface area contributed by atoms with Crippen molar-refractivity contribution in [1.29, 1.82) is 0 Å². The van der Waals surface area contributed by atoms with E-state index in [0.29, 0.717) is 5.56 Å². The summed E-state index contributed by atoms with van der Waals surface area (Å²) in [7, 11) is 2.17.